The Hall–Kier alpha value is -2.99. The standard InChI is InChI=1S/C20H14ClN5OS2/c1-27-17-8-16-13(7-15(17)23)19(11(9-22)10-25-16)26-12-2-3-18(14(21)6-12)29-20-24-4-5-28-20/h2-8,10H,23H2,1H3,(H,25,26). The van der Waals surface area contributed by atoms with Crippen molar-refractivity contribution in [1.29, 1.82) is 5.26 Å². The van der Waals surface area contributed by atoms with Gasteiger partial charge in [0, 0.05) is 39.8 Å². The van der Waals surface area contributed by atoms with E-state index in [9.17, 15) is 5.26 Å². The highest BCUT2D eigenvalue weighted by molar-refractivity contribution is 8.01. The Morgan fingerprint density at radius 1 is 1.28 bits per heavy atom. The van der Waals surface area contributed by atoms with Crippen molar-refractivity contribution in [2.75, 3.05) is 18.2 Å². The predicted octanol–water partition coefficient (Wildman–Crippen LogP) is 5.70. The molecule has 0 aliphatic carbocycles. The number of nitrogens with zero attached hydrogens (tertiary/aromatic N) is 3. The summed E-state index contributed by atoms with van der Waals surface area (Å²) < 4.78 is 6.19. The number of hydrogen-bond donors (Lipinski definition) is 2. The van der Waals surface area contributed by atoms with E-state index in [-0.39, 0.29) is 0 Å². The number of nitriles is 1. The van der Waals surface area contributed by atoms with Crippen molar-refractivity contribution in [2.45, 2.75) is 9.24 Å². The number of nitrogens with one attached hydrogen (secondary N) is 1. The fourth-order valence-electron chi connectivity index (χ4n) is 2.79. The molecule has 0 atom stereocenters. The van der Waals surface area contributed by atoms with Gasteiger partial charge in [0.2, 0.25) is 0 Å². The predicted molar refractivity (Wildman–Crippen MR) is 118 cm³/mol. The van der Waals surface area contributed by atoms with Crippen molar-refractivity contribution < 1.29 is 4.74 Å². The minimum Gasteiger partial charge on any atom is -0.495 e. The molecule has 0 fully saturated rings. The first-order chi connectivity index (χ1) is 14.1. The van der Waals surface area contributed by atoms with Crippen LogP contribution in [-0.2, 0) is 0 Å². The summed E-state index contributed by atoms with van der Waals surface area (Å²) in [4.78, 5) is 9.51. The molecule has 6 nitrogen and oxygen atoms in total. The van der Waals surface area contributed by atoms with Crippen LogP contribution in [0.2, 0.25) is 5.02 Å². The lowest BCUT2D eigenvalue weighted by Crippen LogP contribution is -1.99. The third-order valence-electron chi connectivity index (χ3n) is 4.15. The third-order valence-corrected chi connectivity index (χ3v) is 6.53. The van der Waals surface area contributed by atoms with Crippen LogP contribution in [-0.4, -0.2) is 17.1 Å². The molecule has 0 saturated carbocycles. The minimum atomic E-state index is 0.402. The van der Waals surface area contributed by atoms with E-state index in [1.54, 1.807) is 36.8 Å². The number of benzene rings is 2. The van der Waals surface area contributed by atoms with Gasteiger partial charge in [-0.15, -0.1) is 11.3 Å². The van der Waals surface area contributed by atoms with Crippen LogP contribution in [0.5, 0.6) is 5.75 Å². The zero-order chi connectivity index (χ0) is 20.4. The van der Waals surface area contributed by atoms with Crippen molar-refractivity contribution in [3.8, 4) is 11.8 Å². The molecule has 4 rings (SSSR count). The van der Waals surface area contributed by atoms with Crippen molar-refractivity contribution in [2.24, 2.45) is 0 Å². The summed E-state index contributed by atoms with van der Waals surface area (Å²) in [7, 11) is 1.55. The topological polar surface area (TPSA) is 96.8 Å². The maximum Gasteiger partial charge on any atom is 0.154 e. The zero-order valence-corrected chi connectivity index (χ0v) is 17.5. The second-order valence-corrected chi connectivity index (χ2v) is 8.53. The fourth-order valence-corrected chi connectivity index (χ4v) is 4.67. The Morgan fingerprint density at radius 2 is 2.14 bits per heavy atom. The maximum absolute atomic E-state index is 9.55. The summed E-state index contributed by atoms with van der Waals surface area (Å²) in [6, 6.07) is 11.3. The molecule has 4 aromatic rings. The number of methoxy groups -OCH3 is 1. The van der Waals surface area contributed by atoms with Gasteiger partial charge in [0.25, 0.3) is 0 Å². The van der Waals surface area contributed by atoms with Gasteiger partial charge in [-0.05, 0) is 24.3 Å². The number of pyridine rings is 1. The van der Waals surface area contributed by atoms with Crippen molar-refractivity contribution >= 4 is 62.7 Å². The molecule has 0 amide bonds. The molecule has 0 bridgehead atoms. The normalized spacial score (nSPS) is 10.7. The molecule has 9 heteroatoms. The number of aromatic nitrogens is 2. The Morgan fingerprint density at radius 3 is 2.83 bits per heavy atom. The van der Waals surface area contributed by atoms with Gasteiger partial charge in [-0.3, -0.25) is 4.98 Å². The summed E-state index contributed by atoms with van der Waals surface area (Å²) in [5.41, 5.74) is 8.96. The van der Waals surface area contributed by atoms with Crippen molar-refractivity contribution in [3.63, 3.8) is 0 Å². The lowest BCUT2D eigenvalue weighted by Gasteiger charge is -2.14. The van der Waals surface area contributed by atoms with Crippen molar-refractivity contribution in [3.05, 3.63) is 58.7 Å². The third kappa shape index (κ3) is 3.93. The number of ether oxygens (including phenoxy) is 1. The molecule has 0 unspecified atom stereocenters. The number of nitrogens with two attached hydrogens (primary N) is 1. The zero-order valence-electron chi connectivity index (χ0n) is 15.1. The Kier molecular flexibility index (Phi) is 5.45. The van der Waals surface area contributed by atoms with Gasteiger partial charge in [-0.1, -0.05) is 23.4 Å². The highest BCUT2D eigenvalue weighted by atomic mass is 35.5. The maximum atomic E-state index is 9.55. The number of rotatable bonds is 5. The van der Waals surface area contributed by atoms with Crippen LogP contribution in [0.3, 0.4) is 0 Å². The molecule has 3 N–H and O–H groups in total. The lowest BCUT2D eigenvalue weighted by atomic mass is 10.1. The van der Waals surface area contributed by atoms with Crippen LogP contribution in [0.15, 0.2) is 57.3 Å². The van der Waals surface area contributed by atoms with Crippen LogP contribution >= 0.6 is 34.7 Å². The van der Waals surface area contributed by atoms with Gasteiger partial charge in [0.15, 0.2) is 4.34 Å². The highest BCUT2D eigenvalue weighted by Crippen LogP contribution is 2.38. The van der Waals surface area contributed by atoms with Gasteiger partial charge >= 0.3 is 0 Å². The van der Waals surface area contributed by atoms with Crippen LogP contribution in [0.4, 0.5) is 17.1 Å². The van der Waals surface area contributed by atoms with E-state index in [1.807, 2.05) is 23.6 Å². The van der Waals surface area contributed by atoms with E-state index >= 15 is 0 Å². The van der Waals surface area contributed by atoms with E-state index in [0.29, 0.717) is 33.2 Å². The van der Waals surface area contributed by atoms with E-state index in [4.69, 9.17) is 22.1 Å². The lowest BCUT2D eigenvalue weighted by molar-refractivity contribution is 0.417. The molecule has 2 aromatic carbocycles. The molecule has 2 heterocycles. The minimum absolute atomic E-state index is 0.402. The molecule has 29 heavy (non-hydrogen) atoms. The summed E-state index contributed by atoms with van der Waals surface area (Å²) in [6.07, 6.45) is 3.28. The van der Waals surface area contributed by atoms with Gasteiger partial charge in [0.1, 0.15) is 11.8 Å². The first-order valence-corrected chi connectivity index (χ1v) is 10.5. The van der Waals surface area contributed by atoms with Crippen LogP contribution in [0.1, 0.15) is 5.56 Å². The van der Waals surface area contributed by atoms with E-state index in [2.05, 4.69) is 21.4 Å². The van der Waals surface area contributed by atoms with Gasteiger partial charge in [0.05, 0.1) is 34.6 Å². The van der Waals surface area contributed by atoms with Crippen LogP contribution in [0, 0.1) is 11.3 Å². The number of halogens is 1. The smallest absolute Gasteiger partial charge is 0.154 e. The molecule has 0 radical (unpaired) electrons. The van der Waals surface area contributed by atoms with Gasteiger partial charge in [-0.2, -0.15) is 5.26 Å². The first-order valence-electron chi connectivity index (χ1n) is 8.39. The summed E-state index contributed by atoms with van der Waals surface area (Å²) in [5.74, 6) is 0.535. The van der Waals surface area contributed by atoms with Crippen LogP contribution in [0.25, 0.3) is 10.9 Å². The highest BCUT2D eigenvalue weighted by Gasteiger charge is 2.13. The molecule has 144 valence electrons. The van der Waals surface area contributed by atoms with Crippen LogP contribution < -0.4 is 15.8 Å². The summed E-state index contributed by atoms with van der Waals surface area (Å²) in [5, 5.41) is 16.1. The summed E-state index contributed by atoms with van der Waals surface area (Å²) in [6.45, 7) is 0. The number of fused-ring (bicyclic) bond motifs is 1. The molecule has 0 spiro atoms. The molecule has 0 aliphatic heterocycles. The van der Waals surface area contributed by atoms with Gasteiger partial charge in [-0.25, -0.2) is 4.98 Å². The first kappa shape index (κ1) is 19.3. The molecule has 0 aliphatic rings. The van der Waals surface area contributed by atoms with E-state index < -0.39 is 0 Å². The Balaban J connectivity index is 1.72. The van der Waals surface area contributed by atoms with Gasteiger partial charge < -0.3 is 15.8 Å². The SMILES string of the molecule is COc1cc2ncc(C#N)c(Nc3ccc(Sc4nccs4)c(Cl)c3)c2cc1N. The summed E-state index contributed by atoms with van der Waals surface area (Å²) >= 11 is 9.53. The average molecular weight is 440 g/mol. The van der Waals surface area contributed by atoms with E-state index in [1.165, 1.54) is 18.0 Å². The number of thiazole rings is 1. The molecule has 0 saturated heterocycles. The second-order valence-electron chi connectivity index (χ2n) is 5.94. The largest absolute Gasteiger partial charge is 0.495 e. The van der Waals surface area contributed by atoms with E-state index in [0.717, 1.165) is 20.3 Å². The molecular weight excluding hydrogens is 426 g/mol. The monoisotopic (exact) mass is 439 g/mol. The number of anilines is 3. The molecular formula is C20H14ClN5OS2. The quantitative estimate of drug-likeness (QED) is 0.385. The van der Waals surface area contributed by atoms with Crippen molar-refractivity contribution in [1.82, 2.24) is 9.97 Å². The average Bonchev–Trinajstić information content (AvgIpc) is 3.23. The number of hydrogen-bond acceptors (Lipinski definition) is 8. The number of nitrogen functional groups attached to an aromatic ring is 1. The Labute approximate surface area is 180 Å². The fraction of sp³-hybridized carbons (Fsp3) is 0.0500. The Bertz CT molecular complexity index is 1240. The second kappa shape index (κ2) is 8.17. The molecule has 2 aromatic heterocycles.